The van der Waals surface area contributed by atoms with Crippen molar-refractivity contribution in [3.05, 3.63) is 41.9 Å². The zero-order valence-corrected chi connectivity index (χ0v) is 9.98. The number of aliphatic hydroxyl groups is 1. The highest BCUT2D eigenvalue weighted by molar-refractivity contribution is 7.96. The Morgan fingerprint density at radius 1 is 1.44 bits per heavy atom. The molecule has 0 fully saturated rings. The first kappa shape index (κ1) is 11.2. The second-order valence-electron chi connectivity index (χ2n) is 3.38. The average Bonchev–Trinajstić information content (AvgIpc) is 2.29. The van der Waals surface area contributed by atoms with Gasteiger partial charge in [0.15, 0.2) is 12.1 Å². The monoisotopic (exact) mass is 235 g/mol. The molecule has 0 aliphatic carbocycles. The topological polar surface area (TPSA) is 48.7 Å². The van der Waals surface area contributed by atoms with Crippen molar-refractivity contribution in [2.45, 2.75) is 13.2 Å². The van der Waals surface area contributed by atoms with Gasteiger partial charge in [0.1, 0.15) is 5.69 Å². The standard InChI is InChI=1S/C11H13N3OS/c1-8-7-10(15)14(16-2)11(13-8)9-5-3-4-6-12-9/h3-7,10,15H,1-2H3. The molecule has 1 unspecified atom stereocenters. The summed E-state index contributed by atoms with van der Waals surface area (Å²) in [5.74, 6) is 0.695. The number of amidine groups is 1. The number of pyridine rings is 1. The Balaban J connectivity index is 2.41. The van der Waals surface area contributed by atoms with Crippen LogP contribution < -0.4 is 0 Å². The highest BCUT2D eigenvalue weighted by Gasteiger charge is 2.23. The van der Waals surface area contributed by atoms with Gasteiger partial charge < -0.3 is 5.11 Å². The second kappa shape index (κ2) is 4.67. The van der Waals surface area contributed by atoms with E-state index < -0.39 is 6.23 Å². The Kier molecular flexibility index (Phi) is 3.26. The van der Waals surface area contributed by atoms with Crippen LogP contribution in [0.15, 0.2) is 41.2 Å². The van der Waals surface area contributed by atoms with Crippen LogP contribution in [0, 0.1) is 0 Å². The van der Waals surface area contributed by atoms with Crippen molar-refractivity contribution >= 4 is 17.8 Å². The molecular weight excluding hydrogens is 222 g/mol. The van der Waals surface area contributed by atoms with Crippen molar-refractivity contribution < 1.29 is 5.11 Å². The maximum atomic E-state index is 9.89. The Morgan fingerprint density at radius 3 is 2.88 bits per heavy atom. The van der Waals surface area contributed by atoms with Gasteiger partial charge in [0.05, 0.1) is 0 Å². The highest BCUT2D eigenvalue weighted by atomic mass is 32.2. The van der Waals surface area contributed by atoms with E-state index in [2.05, 4.69) is 9.98 Å². The molecule has 1 atom stereocenters. The van der Waals surface area contributed by atoms with Crippen LogP contribution in [0.25, 0.3) is 0 Å². The third kappa shape index (κ3) is 2.10. The molecular formula is C11H13N3OS. The molecule has 0 bridgehead atoms. The van der Waals surface area contributed by atoms with Crippen molar-refractivity contribution in [1.82, 2.24) is 9.29 Å². The van der Waals surface area contributed by atoms with Crippen LogP contribution in [0.2, 0.25) is 0 Å². The Morgan fingerprint density at radius 2 is 2.25 bits per heavy atom. The Labute approximate surface area is 98.9 Å². The predicted molar refractivity (Wildman–Crippen MR) is 65.9 cm³/mol. The van der Waals surface area contributed by atoms with Crippen molar-refractivity contribution in [3.63, 3.8) is 0 Å². The third-order valence-electron chi connectivity index (χ3n) is 2.21. The fourth-order valence-electron chi connectivity index (χ4n) is 1.52. The molecule has 0 spiro atoms. The van der Waals surface area contributed by atoms with E-state index in [1.165, 1.54) is 11.9 Å². The number of aliphatic imine (C=N–C) groups is 1. The van der Waals surface area contributed by atoms with Crippen LogP contribution in [0.3, 0.4) is 0 Å². The van der Waals surface area contributed by atoms with E-state index in [0.29, 0.717) is 5.84 Å². The van der Waals surface area contributed by atoms with Gasteiger partial charge in [-0.2, -0.15) is 0 Å². The Hall–Kier alpha value is -1.33. The summed E-state index contributed by atoms with van der Waals surface area (Å²) in [6.45, 7) is 1.86. The predicted octanol–water partition coefficient (Wildman–Crippen LogP) is 1.64. The molecule has 16 heavy (non-hydrogen) atoms. The highest BCUT2D eigenvalue weighted by Crippen LogP contribution is 2.22. The van der Waals surface area contributed by atoms with Crippen LogP contribution in [0.5, 0.6) is 0 Å². The van der Waals surface area contributed by atoms with E-state index in [1.54, 1.807) is 16.6 Å². The molecule has 2 heterocycles. The molecule has 1 N–H and O–H groups in total. The summed E-state index contributed by atoms with van der Waals surface area (Å²) < 4.78 is 1.73. The number of nitrogens with zero attached hydrogens (tertiary/aromatic N) is 3. The smallest absolute Gasteiger partial charge is 0.167 e. The molecule has 1 aromatic rings. The van der Waals surface area contributed by atoms with Crippen LogP contribution in [0.1, 0.15) is 12.6 Å². The summed E-state index contributed by atoms with van der Waals surface area (Å²) >= 11 is 1.43. The van der Waals surface area contributed by atoms with E-state index >= 15 is 0 Å². The first-order valence-electron chi connectivity index (χ1n) is 4.92. The normalized spacial score (nSPS) is 20.4. The molecule has 0 saturated heterocycles. The zero-order chi connectivity index (χ0) is 11.5. The molecule has 5 heteroatoms. The number of hydrogen-bond donors (Lipinski definition) is 1. The van der Waals surface area contributed by atoms with Crippen LogP contribution in [0.4, 0.5) is 0 Å². The maximum Gasteiger partial charge on any atom is 0.167 e. The maximum absolute atomic E-state index is 9.89. The third-order valence-corrected chi connectivity index (χ3v) is 2.99. The summed E-state index contributed by atoms with van der Waals surface area (Å²) in [6, 6.07) is 5.65. The molecule has 0 amide bonds. The van der Waals surface area contributed by atoms with Crippen LogP contribution in [-0.4, -0.2) is 32.7 Å². The van der Waals surface area contributed by atoms with Gasteiger partial charge in [-0.15, -0.1) is 0 Å². The van der Waals surface area contributed by atoms with Crippen LogP contribution >= 0.6 is 11.9 Å². The van der Waals surface area contributed by atoms with Gasteiger partial charge in [0, 0.05) is 18.1 Å². The van der Waals surface area contributed by atoms with Gasteiger partial charge in [0.2, 0.25) is 0 Å². The van der Waals surface area contributed by atoms with Crippen molar-refractivity contribution in [3.8, 4) is 0 Å². The first-order chi connectivity index (χ1) is 7.72. The summed E-state index contributed by atoms with van der Waals surface area (Å²) in [4.78, 5) is 8.66. The molecule has 84 valence electrons. The molecule has 2 rings (SSSR count). The van der Waals surface area contributed by atoms with E-state index in [9.17, 15) is 5.11 Å². The SMILES string of the molecule is CSN1C(c2ccccn2)=NC(C)=CC1O. The largest absolute Gasteiger partial charge is 0.369 e. The first-order valence-corrected chi connectivity index (χ1v) is 6.10. The minimum Gasteiger partial charge on any atom is -0.369 e. The fraction of sp³-hybridized carbons (Fsp3) is 0.273. The lowest BCUT2D eigenvalue weighted by atomic mass is 10.2. The van der Waals surface area contributed by atoms with Crippen LogP contribution in [-0.2, 0) is 0 Å². The summed E-state index contributed by atoms with van der Waals surface area (Å²) in [5, 5.41) is 9.89. The lowest BCUT2D eigenvalue weighted by Crippen LogP contribution is -2.36. The number of rotatable bonds is 2. The van der Waals surface area contributed by atoms with Crippen molar-refractivity contribution in [2.24, 2.45) is 4.99 Å². The van der Waals surface area contributed by atoms with Gasteiger partial charge in [-0.25, -0.2) is 4.99 Å². The molecule has 0 aromatic carbocycles. The quantitative estimate of drug-likeness (QED) is 0.792. The molecule has 4 nitrogen and oxygen atoms in total. The second-order valence-corrected chi connectivity index (χ2v) is 4.14. The zero-order valence-electron chi connectivity index (χ0n) is 9.16. The van der Waals surface area contributed by atoms with E-state index in [0.717, 1.165) is 11.4 Å². The lowest BCUT2D eigenvalue weighted by Gasteiger charge is -2.29. The molecule has 1 aromatic heterocycles. The van der Waals surface area contributed by atoms with Gasteiger partial charge >= 0.3 is 0 Å². The Bertz CT molecular complexity index is 430. The lowest BCUT2D eigenvalue weighted by molar-refractivity contribution is 0.153. The van der Waals surface area contributed by atoms with Gasteiger partial charge in [-0.1, -0.05) is 6.07 Å². The summed E-state index contributed by atoms with van der Waals surface area (Å²) in [6.07, 6.45) is 4.68. The van der Waals surface area contributed by atoms with Gasteiger partial charge in [0.25, 0.3) is 0 Å². The van der Waals surface area contributed by atoms with E-state index in [4.69, 9.17) is 0 Å². The van der Waals surface area contributed by atoms with Gasteiger partial charge in [-0.3, -0.25) is 9.29 Å². The van der Waals surface area contributed by atoms with Gasteiger partial charge in [-0.05, 0) is 37.1 Å². The van der Waals surface area contributed by atoms with E-state index in [-0.39, 0.29) is 0 Å². The summed E-state index contributed by atoms with van der Waals surface area (Å²) in [7, 11) is 0. The average molecular weight is 235 g/mol. The number of allylic oxidation sites excluding steroid dienone is 1. The minimum absolute atomic E-state index is 0.649. The number of hydrogen-bond acceptors (Lipinski definition) is 5. The van der Waals surface area contributed by atoms with Crippen molar-refractivity contribution in [2.75, 3.05) is 6.26 Å². The molecule has 0 radical (unpaired) electrons. The number of aliphatic hydroxyl groups excluding tert-OH is 1. The van der Waals surface area contributed by atoms with Crippen molar-refractivity contribution in [1.29, 1.82) is 0 Å². The minimum atomic E-state index is -0.649. The molecule has 1 aliphatic heterocycles. The van der Waals surface area contributed by atoms with E-state index in [1.807, 2.05) is 31.4 Å². The number of aromatic nitrogens is 1. The summed E-state index contributed by atoms with van der Waals surface area (Å²) in [5.41, 5.74) is 1.57. The molecule has 0 saturated carbocycles. The molecule has 1 aliphatic rings. The fourth-order valence-corrected chi connectivity index (χ4v) is 2.11.